The van der Waals surface area contributed by atoms with E-state index in [0.29, 0.717) is 38.3 Å². The van der Waals surface area contributed by atoms with Crippen molar-refractivity contribution in [3.05, 3.63) is 0 Å². The Bertz CT molecular complexity index is 441. The van der Waals surface area contributed by atoms with E-state index in [1.165, 1.54) is 0 Å². The Morgan fingerprint density at radius 3 is 1.48 bits per heavy atom. The van der Waals surface area contributed by atoms with Crippen molar-refractivity contribution in [3.8, 4) is 0 Å². The number of nitrogens with one attached hydrogen (secondary N) is 2. The number of unbranched alkanes of at least 4 members (excludes halogenated alkanes) is 6. The van der Waals surface area contributed by atoms with Gasteiger partial charge in [0.2, 0.25) is 11.8 Å². The van der Waals surface area contributed by atoms with Crippen molar-refractivity contribution >= 4 is 11.8 Å². The molecule has 0 bridgehead atoms. The zero-order valence-corrected chi connectivity index (χ0v) is 19.0. The maximum Gasteiger partial charge on any atom is 0.219 e. The number of carbonyl (C=O) groups is 2. The van der Waals surface area contributed by atoms with Crippen LogP contribution < -0.4 is 10.6 Å². The summed E-state index contributed by atoms with van der Waals surface area (Å²) in [6.07, 6.45) is 10.6. The number of hydrogen-bond acceptors (Lipinski definition) is 6. The van der Waals surface area contributed by atoms with Gasteiger partial charge in [-0.05, 0) is 38.5 Å². The highest BCUT2D eigenvalue weighted by molar-refractivity contribution is 5.76. The Balaban J connectivity index is 1.23. The molecule has 180 valence electrons. The van der Waals surface area contributed by atoms with Crippen LogP contribution in [0, 0.1) is 0 Å². The fourth-order valence-electron chi connectivity index (χ4n) is 3.15. The summed E-state index contributed by atoms with van der Waals surface area (Å²) in [5.74, 6) is 0.274. The van der Waals surface area contributed by atoms with Crippen LogP contribution in [0.2, 0.25) is 0 Å². The largest absolute Gasteiger partial charge is 0.379 e. The third-order valence-corrected chi connectivity index (χ3v) is 5.30. The summed E-state index contributed by atoms with van der Waals surface area (Å²) in [5, 5.41) is 5.94. The zero-order chi connectivity index (χ0) is 22.0. The lowest BCUT2D eigenvalue weighted by molar-refractivity contribution is -0.121. The van der Waals surface area contributed by atoms with Crippen LogP contribution in [0.5, 0.6) is 0 Å². The van der Waals surface area contributed by atoms with Gasteiger partial charge < -0.3 is 29.6 Å². The Kier molecular flexibility index (Phi) is 14.6. The quantitative estimate of drug-likeness (QED) is 0.197. The van der Waals surface area contributed by atoms with E-state index in [1.807, 2.05) is 0 Å². The molecule has 0 aromatic carbocycles. The van der Waals surface area contributed by atoms with Gasteiger partial charge in [-0.1, -0.05) is 19.3 Å². The van der Waals surface area contributed by atoms with Crippen LogP contribution in [0.3, 0.4) is 0 Å². The molecule has 0 saturated carbocycles. The second-order valence-electron chi connectivity index (χ2n) is 8.44. The van der Waals surface area contributed by atoms with Crippen molar-refractivity contribution in [3.63, 3.8) is 0 Å². The van der Waals surface area contributed by atoms with Crippen LogP contribution in [0.25, 0.3) is 0 Å². The lowest BCUT2D eigenvalue weighted by Gasteiger charge is -2.07. The van der Waals surface area contributed by atoms with Crippen LogP contribution in [0.1, 0.15) is 70.6 Å². The van der Waals surface area contributed by atoms with Crippen molar-refractivity contribution in [2.45, 2.75) is 82.8 Å². The predicted octanol–water partition coefficient (Wildman–Crippen LogP) is 2.34. The standard InChI is InChI=1S/C23H42N2O6/c26-22(24-12-6-8-14-28-16-20-18-30-20)10-4-2-1-3-5-11-23(27)25-13-7-9-15-29-17-21-19-31-21/h20-21H,1-19H2,(H,24,26)(H,25,27). The minimum Gasteiger partial charge on any atom is -0.379 e. The second-order valence-corrected chi connectivity index (χ2v) is 8.44. The number of epoxide rings is 2. The van der Waals surface area contributed by atoms with Crippen LogP contribution >= 0.6 is 0 Å². The van der Waals surface area contributed by atoms with Crippen molar-refractivity contribution < 1.29 is 28.5 Å². The number of hydrogen-bond donors (Lipinski definition) is 2. The molecule has 2 atom stereocenters. The van der Waals surface area contributed by atoms with Crippen molar-refractivity contribution in [1.82, 2.24) is 10.6 Å². The monoisotopic (exact) mass is 442 g/mol. The molecule has 2 heterocycles. The average molecular weight is 443 g/mol. The van der Waals surface area contributed by atoms with E-state index in [9.17, 15) is 9.59 Å². The number of rotatable bonds is 22. The lowest BCUT2D eigenvalue weighted by Crippen LogP contribution is -2.24. The summed E-state index contributed by atoms with van der Waals surface area (Å²) in [6.45, 7) is 5.98. The Morgan fingerprint density at radius 1 is 0.645 bits per heavy atom. The number of ether oxygens (including phenoxy) is 4. The molecule has 8 heteroatoms. The first-order valence-corrected chi connectivity index (χ1v) is 12.2. The minimum atomic E-state index is 0.137. The topological polar surface area (TPSA) is 102 Å². The molecule has 2 fully saturated rings. The third kappa shape index (κ3) is 17.1. The van der Waals surface area contributed by atoms with Crippen molar-refractivity contribution in [1.29, 1.82) is 0 Å². The average Bonchev–Trinajstić information content (AvgIpc) is 3.67. The van der Waals surface area contributed by atoms with Gasteiger partial charge in [0.1, 0.15) is 12.2 Å². The molecule has 0 aromatic heterocycles. The minimum absolute atomic E-state index is 0.137. The van der Waals surface area contributed by atoms with E-state index in [-0.39, 0.29) is 11.8 Å². The van der Waals surface area contributed by atoms with Crippen molar-refractivity contribution in [2.24, 2.45) is 0 Å². The van der Waals surface area contributed by atoms with Crippen molar-refractivity contribution in [2.75, 3.05) is 52.7 Å². The predicted molar refractivity (Wildman–Crippen MR) is 118 cm³/mol. The molecule has 2 amide bonds. The highest BCUT2D eigenvalue weighted by Crippen LogP contribution is 2.10. The second kappa shape index (κ2) is 17.3. The first-order chi connectivity index (χ1) is 15.2. The van der Waals surface area contributed by atoms with Crippen LogP contribution in [0.15, 0.2) is 0 Å². The van der Waals surface area contributed by atoms with Crippen LogP contribution in [-0.2, 0) is 28.5 Å². The molecule has 2 saturated heterocycles. The highest BCUT2D eigenvalue weighted by atomic mass is 16.6. The lowest BCUT2D eigenvalue weighted by atomic mass is 10.1. The molecular formula is C23H42N2O6. The SMILES string of the molecule is O=C(CCCCCCCC(=O)NCCCCOCC1CO1)NCCCCOCC1CO1. The third-order valence-electron chi connectivity index (χ3n) is 5.30. The van der Waals surface area contributed by atoms with Gasteiger partial charge in [0, 0.05) is 39.1 Å². The summed E-state index contributed by atoms with van der Waals surface area (Å²) >= 11 is 0. The molecule has 8 nitrogen and oxygen atoms in total. The summed E-state index contributed by atoms with van der Waals surface area (Å²) in [7, 11) is 0. The van der Waals surface area contributed by atoms with Gasteiger partial charge in [0.15, 0.2) is 0 Å². The Hall–Kier alpha value is -1.22. The van der Waals surface area contributed by atoms with Gasteiger partial charge in [0.05, 0.1) is 26.4 Å². The van der Waals surface area contributed by atoms with Gasteiger partial charge in [0.25, 0.3) is 0 Å². The van der Waals surface area contributed by atoms with Crippen LogP contribution in [0.4, 0.5) is 0 Å². The highest BCUT2D eigenvalue weighted by Gasteiger charge is 2.22. The smallest absolute Gasteiger partial charge is 0.219 e. The van der Waals surface area contributed by atoms with Gasteiger partial charge in [-0.15, -0.1) is 0 Å². The fraction of sp³-hybridized carbons (Fsp3) is 0.913. The molecule has 2 aliphatic rings. The zero-order valence-electron chi connectivity index (χ0n) is 19.0. The molecule has 0 aliphatic carbocycles. The summed E-state index contributed by atoms with van der Waals surface area (Å²) < 4.78 is 21.1. The van der Waals surface area contributed by atoms with Crippen LogP contribution in [-0.4, -0.2) is 76.8 Å². The van der Waals surface area contributed by atoms with E-state index in [0.717, 1.165) is 97.3 Å². The molecule has 2 aliphatic heterocycles. The van der Waals surface area contributed by atoms with E-state index in [2.05, 4.69) is 10.6 Å². The van der Waals surface area contributed by atoms with E-state index < -0.39 is 0 Å². The normalized spacial score (nSPS) is 19.2. The molecule has 0 aromatic rings. The summed E-state index contributed by atoms with van der Waals surface area (Å²) in [6, 6.07) is 0. The van der Waals surface area contributed by atoms with Gasteiger partial charge in [-0.3, -0.25) is 9.59 Å². The number of carbonyl (C=O) groups excluding carboxylic acids is 2. The maximum atomic E-state index is 11.8. The van der Waals surface area contributed by atoms with E-state index in [1.54, 1.807) is 0 Å². The molecule has 2 N–H and O–H groups in total. The molecular weight excluding hydrogens is 400 g/mol. The fourth-order valence-corrected chi connectivity index (χ4v) is 3.15. The summed E-state index contributed by atoms with van der Waals surface area (Å²) in [4.78, 5) is 23.6. The van der Waals surface area contributed by atoms with E-state index in [4.69, 9.17) is 18.9 Å². The Morgan fingerprint density at radius 2 is 1.06 bits per heavy atom. The van der Waals surface area contributed by atoms with Gasteiger partial charge in [-0.2, -0.15) is 0 Å². The first kappa shape index (κ1) is 26.0. The molecule has 31 heavy (non-hydrogen) atoms. The summed E-state index contributed by atoms with van der Waals surface area (Å²) in [5.41, 5.74) is 0. The molecule has 2 rings (SSSR count). The molecule has 0 radical (unpaired) electrons. The first-order valence-electron chi connectivity index (χ1n) is 12.2. The van der Waals surface area contributed by atoms with E-state index >= 15 is 0 Å². The number of amides is 2. The molecule has 0 spiro atoms. The van der Waals surface area contributed by atoms with Gasteiger partial charge in [-0.25, -0.2) is 0 Å². The Labute approximate surface area is 187 Å². The van der Waals surface area contributed by atoms with Gasteiger partial charge >= 0.3 is 0 Å². The maximum absolute atomic E-state index is 11.8. The molecule has 2 unspecified atom stereocenters.